The minimum atomic E-state index is -0.389. The zero-order valence-corrected chi connectivity index (χ0v) is 16.0. The van der Waals surface area contributed by atoms with Crippen LogP contribution in [0.1, 0.15) is 37.9 Å². The van der Waals surface area contributed by atoms with Gasteiger partial charge in [0, 0.05) is 23.1 Å². The second-order valence-electron chi connectivity index (χ2n) is 6.70. The number of furan rings is 1. The summed E-state index contributed by atoms with van der Waals surface area (Å²) in [7, 11) is 0. The van der Waals surface area contributed by atoms with Crippen molar-refractivity contribution in [1.29, 1.82) is 0 Å². The second kappa shape index (κ2) is 8.35. The number of thiazole rings is 1. The minimum Gasteiger partial charge on any atom is -0.463 e. The van der Waals surface area contributed by atoms with E-state index in [4.69, 9.17) is 9.41 Å². The lowest BCUT2D eigenvalue weighted by Crippen LogP contribution is -2.19. The van der Waals surface area contributed by atoms with Crippen LogP contribution < -0.4 is 4.80 Å². The van der Waals surface area contributed by atoms with Crippen LogP contribution >= 0.6 is 11.3 Å². The fraction of sp³-hybridized carbons (Fsp3) is 0.300. The number of rotatable bonds is 5. The number of nitrogens with zero attached hydrogens (tertiary/aromatic N) is 4. The van der Waals surface area contributed by atoms with Crippen LogP contribution in [-0.2, 0) is 0 Å². The molecule has 1 aliphatic carbocycles. The monoisotopic (exact) mass is 396 g/mol. The van der Waals surface area contributed by atoms with Gasteiger partial charge in [-0.2, -0.15) is 5.10 Å². The summed E-state index contributed by atoms with van der Waals surface area (Å²) in [5.74, 6) is 0.632. The number of hydrogen-bond donors (Lipinski definition) is 0. The molecule has 2 heterocycles. The van der Waals surface area contributed by atoms with Crippen LogP contribution in [-0.4, -0.2) is 21.9 Å². The largest absolute Gasteiger partial charge is 0.463 e. The van der Waals surface area contributed by atoms with Gasteiger partial charge in [0.25, 0.3) is 5.69 Å². The first kappa shape index (κ1) is 18.4. The van der Waals surface area contributed by atoms with Crippen molar-refractivity contribution in [2.24, 2.45) is 10.1 Å². The second-order valence-corrected chi connectivity index (χ2v) is 7.54. The maximum absolute atomic E-state index is 11.2. The van der Waals surface area contributed by atoms with E-state index in [2.05, 4.69) is 5.10 Å². The van der Waals surface area contributed by atoms with Gasteiger partial charge in [-0.3, -0.25) is 15.1 Å². The average Bonchev–Trinajstić information content (AvgIpc) is 3.37. The third kappa shape index (κ3) is 4.12. The molecule has 1 aliphatic rings. The van der Waals surface area contributed by atoms with Gasteiger partial charge in [-0.25, -0.2) is 4.68 Å². The summed E-state index contributed by atoms with van der Waals surface area (Å²) in [4.78, 5) is 16.5. The fourth-order valence-electron chi connectivity index (χ4n) is 3.32. The Morgan fingerprint density at radius 2 is 2.07 bits per heavy atom. The Bertz CT molecular complexity index is 1040. The molecule has 0 amide bonds. The zero-order chi connectivity index (χ0) is 19.3. The van der Waals surface area contributed by atoms with E-state index in [1.165, 1.54) is 36.7 Å². The third-order valence-corrected chi connectivity index (χ3v) is 5.58. The Morgan fingerprint density at radius 1 is 1.21 bits per heavy atom. The van der Waals surface area contributed by atoms with Crippen LogP contribution in [0, 0.1) is 10.1 Å². The molecule has 1 fully saturated rings. The van der Waals surface area contributed by atoms with E-state index < -0.39 is 0 Å². The zero-order valence-electron chi connectivity index (χ0n) is 15.2. The van der Waals surface area contributed by atoms with Gasteiger partial charge < -0.3 is 4.42 Å². The lowest BCUT2D eigenvalue weighted by atomic mass is 9.96. The summed E-state index contributed by atoms with van der Waals surface area (Å²) in [5, 5.41) is 17.7. The van der Waals surface area contributed by atoms with E-state index in [0.29, 0.717) is 11.8 Å². The van der Waals surface area contributed by atoms with E-state index in [0.717, 1.165) is 28.9 Å². The molecule has 3 aromatic rings. The van der Waals surface area contributed by atoms with Gasteiger partial charge in [-0.05, 0) is 25.0 Å². The molecule has 8 heteroatoms. The van der Waals surface area contributed by atoms with Crippen LogP contribution in [0.15, 0.2) is 62.6 Å². The summed E-state index contributed by atoms with van der Waals surface area (Å²) in [6.45, 7) is 0. The van der Waals surface area contributed by atoms with Crippen molar-refractivity contribution in [2.75, 3.05) is 0 Å². The number of aromatic nitrogens is 1. The maximum Gasteiger partial charge on any atom is 0.270 e. The Labute approximate surface area is 165 Å². The average molecular weight is 396 g/mol. The van der Waals surface area contributed by atoms with Crippen molar-refractivity contribution in [3.05, 3.63) is 68.7 Å². The molecule has 28 heavy (non-hydrogen) atoms. The van der Waals surface area contributed by atoms with Gasteiger partial charge in [-0.15, -0.1) is 11.3 Å². The highest BCUT2D eigenvalue weighted by atomic mass is 32.1. The van der Waals surface area contributed by atoms with Crippen molar-refractivity contribution in [3.63, 3.8) is 0 Å². The third-order valence-electron chi connectivity index (χ3n) is 4.75. The number of non-ortho nitro benzene ring substituents is 1. The first-order valence-corrected chi connectivity index (χ1v) is 10.2. The number of nitro groups is 1. The van der Waals surface area contributed by atoms with Gasteiger partial charge in [0.2, 0.25) is 4.80 Å². The number of benzene rings is 1. The molecule has 1 saturated carbocycles. The van der Waals surface area contributed by atoms with Crippen molar-refractivity contribution < 1.29 is 9.34 Å². The van der Waals surface area contributed by atoms with Crippen LogP contribution in [0.4, 0.5) is 5.69 Å². The minimum absolute atomic E-state index is 0.0519. The van der Waals surface area contributed by atoms with Gasteiger partial charge >= 0.3 is 0 Å². The van der Waals surface area contributed by atoms with Gasteiger partial charge in [0.05, 0.1) is 29.1 Å². The lowest BCUT2D eigenvalue weighted by molar-refractivity contribution is -0.384. The van der Waals surface area contributed by atoms with Crippen LogP contribution in [0.25, 0.3) is 11.3 Å². The predicted molar refractivity (Wildman–Crippen MR) is 109 cm³/mol. The van der Waals surface area contributed by atoms with Crippen LogP contribution in [0.2, 0.25) is 0 Å². The topological polar surface area (TPSA) is 85.9 Å². The highest BCUT2D eigenvalue weighted by molar-refractivity contribution is 7.07. The van der Waals surface area contributed by atoms with Crippen molar-refractivity contribution in [1.82, 2.24) is 4.68 Å². The smallest absolute Gasteiger partial charge is 0.270 e. The summed E-state index contributed by atoms with van der Waals surface area (Å²) < 4.78 is 7.09. The Hall–Kier alpha value is -3.00. The molecule has 0 spiro atoms. The van der Waals surface area contributed by atoms with E-state index >= 15 is 0 Å². The molecule has 1 aromatic carbocycles. The molecule has 0 aliphatic heterocycles. The highest BCUT2D eigenvalue weighted by Crippen LogP contribution is 2.25. The van der Waals surface area contributed by atoms with E-state index in [1.54, 1.807) is 35.4 Å². The van der Waals surface area contributed by atoms with E-state index in [-0.39, 0.29) is 10.6 Å². The first-order chi connectivity index (χ1) is 13.7. The molecule has 0 saturated heterocycles. The molecule has 0 unspecified atom stereocenters. The Kier molecular flexibility index (Phi) is 5.48. The van der Waals surface area contributed by atoms with Gasteiger partial charge in [0.1, 0.15) is 5.76 Å². The summed E-state index contributed by atoms with van der Waals surface area (Å²) in [5.41, 5.74) is 1.55. The Morgan fingerprint density at radius 3 is 2.82 bits per heavy atom. The fourth-order valence-corrected chi connectivity index (χ4v) is 4.23. The summed E-state index contributed by atoms with van der Waals surface area (Å²) in [6.07, 6.45) is 9.08. The van der Waals surface area contributed by atoms with Crippen LogP contribution in [0.3, 0.4) is 0 Å². The lowest BCUT2D eigenvalue weighted by Gasteiger charge is -2.16. The van der Waals surface area contributed by atoms with E-state index in [1.807, 2.05) is 17.5 Å². The molecule has 4 rings (SSSR count). The first-order valence-electron chi connectivity index (χ1n) is 9.28. The maximum atomic E-state index is 11.2. The molecule has 7 nitrogen and oxygen atoms in total. The molecule has 2 aromatic heterocycles. The van der Waals surface area contributed by atoms with Crippen LogP contribution in [0.5, 0.6) is 0 Å². The normalized spacial score (nSPS) is 16.1. The SMILES string of the molecule is O=[N+]([O-])c1cccc(-c2csc(=NC3CCCCC3)n2N=Cc2ccco2)c1. The Balaban J connectivity index is 1.78. The van der Waals surface area contributed by atoms with Gasteiger partial charge in [-0.1, -0.05) is 31.4 Å². The molecule has 0 bridgehead atoms. The molecular weight excluding hydrogens is 376 g/mol. The molecular formula is C20H20N4O3S. The molecule has 0 atom stereocenters. The van der Waals surface area contributed by atoms with Crippen molar-refractivity contribution >= 4 is 23.2 Å². The van der Waals surface area contributed by atoms with E-state index in [9.17, 15) is 10.1 Å². The summed E-state index contributed by atoms with van der Waals surface area (Å²) >= 11 is 1.50. The summed E-state index contributed by atoms with van der Waals surface area (Å²) in [6, 6.07) is 10.5. The van der Waals surface area contributed by atoms with Gasteiger partial charge in [0.15, 0.2) is 0 Å². The quantitative estimate of drug-likeness (QED) is 0.351. The number of nitro benzene ring substituents is 1. The molecule has 144 valence electrons. The molecule has 0 N–H and O–H groups in total. The molecule has 0 radical (unpaired) electrons. The number of hydrogen-bond acceptors (Lipinski definition) is 6. The highest BCUT2D eigenvalue weighted by Gasteiger charge is 2.15. The van der Waals surface area contributed by atoms with Crippen molar-refractivity contribution in [2.45, 2.75) is 38.1 Å². The predicted octanol–water partition coefficient (Wildman–Crippen LogP) is 4.83. The standard InChI is InChI=1S/C20H20N4O3S/c25-24(26)17-9-4-6-15(12-17)19-14-28-20(22-16-7-2-1-3-8-16)23(19)21-13-18-10-5-11-27-18/h4-6,9-14,16H,1-3,7-8H2. The van der Waals surface area contributed by atoms with Crippen molar-refractivity contribution in [3.8, 4) is 11.3 Å².